The molecule has 1 aromatic carbocycles. The standard InChI is InChI=1S/C22H23N7O/c1-13-19(23)24-11-18(26-13)14-4-6-16(7-5-14)22(2,17-8-9-17)21-27-20(30-28-21)15-10-25-29(3)12-15/h4-7,10-12,17H,8-9H2,1-3H3,(H2,23,24). The fraction of sp³-hybridized carbons (Fsp3) is 0.318. The second-order valence-electron chi connectivity index (χ2n) is 8.11. The third-order valence-electron chi connectivity index (χ3n) is 6.00. The van der Waals surface area contributed by atoms with Crippen molar-refractivity contribution in [3.05, 3.63) is 59.9 Å². The smallest absolute Gasteiger partial charge is 0.261 e. The van der Waals surface area contributed by atoms with Crippen molar-refractivity contribution in [1.82, 2.24) is 29.9 Å². The van der Waals surface area contributed by atoms with Crippen LogP contribution in [0.2, 0.25) is 0 Å². The van der Waals surface area contributed by atoms with Gasteiger partial charge in [0.15, 0.2) is 5.82 Å². The van der Waals surface area contributed by atoms with Gasteiger partial charge in [0.2, 0.25) is 0 Å². The lowest BCUT2D eigenvalue weighted by atomic mass is 9.77. The monoisotopic (exact) mass is 401 g/mol. The van der Waals surface area contributed by atoms with Crippen molar-refractivity contribution in [2.24, 2.45) is 13.0 Å². The molecule has 0 aliphatic heterocycles. The summed E-state index contributed by atoms with van der Waals surface area (Å²) in [5.41, 5.74) is 10.00. The summed E-state index contributed by atoms with van der Waals surface area (Å²) in [4.78, 5) is 13.5. The van der Waals surface area contributed by atoms with Gasteiger partial charge in [0, 0.05) is 18.8 Å². The van der Waals surface area contributed by atoms with Crippen LogP contribution in [0.5, 0.6) is 0 Å². The van der Waals surface area contributed by atoms with Crippen LogP contribution in [0.4, 0.5) is 5.82 Å². The molecule has 1 atom stereocenters. The molecule has 1 unspecified atom stereocenters. The van der Waals surface area contributed by atoms with Crippen molar-refractivity contribution >= 4 is 5.82 Å². The molecule has 30 heavy (non-hydrogen) atoms. The first-order chi connectivity index (χ1) is 14.4. The zero-order valence-corrected chi connectivity index (χ0v) is 17.2. The molecule has 0 bridgehead atoms. The van der Waals surface area contributed by atoms with Gasteiger partial charge in [-0.05, 0) is 38.2 Å². The highest BCUT2D eigenvalue weighted by Crippen LogP contribution is 2.50. The lowest BCUT2D eigenvalue weighted by Gasteiger charge is -2.27. The van der Waals surface area contributed by atoms with Crippen LogP contribution in [0.25, 0.3) is 22.7 Å². The molecule has 0 radical (unpaired) electrons. The third-order valence-corrected chi connectivity index (χ3v) is 6.00. The minimum atomic E-state index is -0.314. The van der Waals surface area contributed by atoms with Gasteiger partial charge in [-0.25, -0.2) is 9.97 Å². The fourth-order valence-corrected chi connectivity index (χ4v) is 3.91. The maximum atomic E-state index is 5.80. The SMILES string of the molecule is Cc1nc(-c2ccc(C(C)(c3noc(-c4cnn(C)c4)n3)C3CC3)cc2)cnc1N. The number of nitrogens with zero attached hydrogens (tertiary/aromatic N) is 6. The van der Waals surface area contributed by atoms with Gasteiger partial charge in [-0.2, -0.15) is 10.1 Å². The van der Waals surface area contributed by atoms with E-state index in [-0.39, 0.29) is 5.41 Å². The highest BCUT2D eigenvalue weighted by molar-refractivity contribution is 5.60. The van der Waals surface area contributed by atoms with Crippen molar-refractivity contribution in [3.63, 3.8) is 0 Å². The molecule has 2 N–H and O–H groups in total. The van der Waals surface area contributed by atoms with E-state index in [4.69, 9.17) is 15.2 Å². The van der Waals surface area contributed by atoms with Crippen molar-refractivity contribution in [3.8, 4) is 22.7 Å². The van der Waals surface area contributed by atoms with Crippen LogP contribution in [0.15, 0.2) is 47.4 Å². The zero-order chi connectivity index (χ0) is 20.9. The molecule has 5 rings (SSSR count). The van der Waals surface area contributed by atoms with E-state index >= 15 is 0 Å². The first-order valence-corrected chi connectivity index (χ1v) is 9.98. The van der Waals surface area contributed by atoms with Crippen LogP contribution in [0.1, 0.15) is 36.8 Å². The Labute approximate surface area is 174 Å². The van der Waals surface area contributed by atoms with E-state index in [9.17, 15) is 0 Å². The Kier molecular flexibility index (Phi) is 4.16. The van der Waals surface area contributed by atoms with Crippen LogP contribution in [0.3, 0.4) is 0 Å². The molecule has 1 aliphatic carbocycles. The molecular formula is C22H23N7O. The van der Waals surface area contributed by atoms with Gasteiger partial charge in [0.05, 0.1) is 34.8 Å². The van der Waals surface area contributed by atoms with E-state index < -0.39 is 0 Å². The van der Waals surface area contributed by atoms with Crippen molar-refractivity contribution in [2.75, 3.05) is 5.73 Å². The number of rotatable bonds is 5. The quantitative estimate of drug-likeness (QED) is 0.545. The number of benzene rings is 1. The van der Waals surface area contributed by atoms with Crippen LogP contribution in [-0.2, 0) is 12.5 Å². The molecule has 8 heteroatoms. The Morgan fingerprint density at radius 2 is 1.87 bits per heavy atom. The summed E-state index contributed by atoms with van der Waals surface area (Å²) in [7, 11) is 1.86. The number of anilines is 1. The van der Waals surface area contributed by atoms with Crippen molar-refractivity contribution in [1.29, 1.82) is 0 Å². The number of aromatic nitrogens is 6. The number of nitrogen functional groups attached to an aromatic ring is 1. The van der Waals surface area contributed by atoms with Crippen molar-refractivity contribution < 1.29 is 4.52 Å². The van der Waals surface area contributed by atoms with Gasteiger partial charge >= 0.3 is 0 Å². The molecular weight excluding hydrogens is 378 g/mol. The average molecular weight is 401 g/mol. The van der Waals surface area contributed by atoms with E-state index in [1.807, 2.05) is 20.2 Å². The first-order valence-electron chi connectivity index (χ1n) is 9.98. The van der Waals surface area contributed by atoms with Crippen molar-refractivity contribution in [2.45, 2.75) is 32.1 Å². The summed E-state index contributed by atoms with van der Waals surface area (Å²) in [6, 6.07) is 8.39. The largest absolute Gasteiger partial charge is 0.382 e. The van der Waals surface area contributed by atoms with E-state index in [0.717, 1.165) is 40.9 Å². The lowest BCUT2D eigenvalue weighted by molar-refractivity contribution is 0.386. The number of hydrogen-bond donors (Lipinski definition) is 1. The Bertz CT molecular complexity index is 1210. The molecule has 0 amide bonds. The van der Waals surface area contributed by atoms with Crippen LogP contribution >= 0.6 is 0 Å². The number of nitrogens with two attached hydrogens (primary N) is 1. The Hall–Kier alpha value is -3.55. The van der Waals surface area contributed by atoms with E-state index in [0.29, 0.717) is 23.5 Å². The molecule has 3 heterocycles. The normalized spacial score (nSPS) is 15.8. The minimum absolute atomic E-state index is 0.314. The second kappa shape index (κ2) is 6.76. The predicted octanol–water partition coefficient (Wildman–Crippen LogP) is 3.53. The third kappa shape index (κ3) is 3.04. The summed E-state index contributed by atoms with van der Waals surface area (Å²) in [5, 5.41) is 8.54. The second-order valence-corrected chi connectivity index (χ2v) is 8.11. The Morgan fingerprint density at radius 1 is 1.10 bits per heavy atom. The molecule has 0 spiro atoms. The minimum Gasteiger partial charge on any atom is -0.382 e. The highest BCUT2D eigenvalue weighted by Gasteiger charge is 2.47. The molecule has 1 aliphatic rings. The summed E-state index contributed by atoms with van der Waals surface area (Å²) in [6.07, 6.45) is 7.61. The van der Waals surface area contributed by atoms with Gasteiger partial charge in [-0.1, -0.05) is 29.4 Å². The Balaban J connectivity index is 1.50. The number of aryl methyl sites for hydroxylation is 2. The summed E-state index contributed by atoms with van der Waals surface area (Å²) in [6.45, 7) is 4.06. The summed E-state index contributed by atoms with van der Waals surface area (Å²) in [5.74, 6) is 2.15. The molecule has 0 saturated heterocycles. The van der Waals surface area contributed by atoms with Crippen LogP contribution < -0.4 is 5.73 Å². The number of hydrogen-bond acceptors (Lipinski definition) is 7. The molecule has 3 aromatic heterocycles. The molecule has 152 valence electrons. The van der Waals surface area contributed by atoms with E-state index in [2.05, 4.69) is 51.4 Å². The molecule has 8 nitrogen and oxygen atoms in total. The van der Waals surface area contributed by atoms with E-state index in [1.54, 1.807) is 17.1 Å². The Morgan fingerprint density at radius 3 is 2.50 bits per heavy atom. The zero-order valence-electron chi connectivity index (χ0n) is 17.2. The van der Waals surface area contributed by atoms with Gasteiger partial charge in [-0.15, -0.1) is 0 Å². The lowest BCUT2D eigenvalue weighted by Crippen LogP contribution is -2.28. The van der Waals surface area contributed by atoms with Gasteiger partial charge in [0.25, 0.3) is 5.89 Å². The van der Waals surface area contributed by atoms with Crippen LogP contribution in [-0.4, -0.2) is 29.9 Å². The summed E-state index contributed by atoms with van der Waals surface area (Å²) < 4.78 is 7.30. The maximum absolute atomic E-state index is 5.80. The van der Waals surface area contributed by atoms with Crippen LogP contribution in [0, 0.1) is 12.8 Å². The van der Waals surface area contributed by atoms with E-state index in [1.165, 1.54) is 0 Å². The summed E-state index contributed by atoms with van der Waals surface area (Å²) >= 11 is 0. The van der Waals surface area contributed by atoms with Gasteiger partial charge in [0.1, 0.15) is 5.82 Å². The molecule has 4 aromatic rings. The molecule has 1 fully saturated rings. The predicted molar refractivity (Wildman–Crippen MR) is 112 cm³/mol. The average Bonchev–Trinajstić information content (AvgIpc) is 3.33. The topological polar surface area (TPSA) is 109 Å². The first kappa shape index (κ1) is 18.5. The fourth-order valence-electron chi connectivity index (χ4n) is 3.91. The van der Waals surface area contributed by atoms with Gasteiger partial charge < -0.3 is 10.3 Å². The van der Waals surface area contributed by atoms with Gasteiger partial charge in [-0.3, -0.25) is 4.68 Å². The molecule has 1 saturated carbocycles. The maximum Gasteiger partial charge on any atom is 0.261 e. The highest BCUT2D eigenvalue weighted by atomic mass is 16.5.